The maximum atomic E-state index is 11.7. The smallest absolute Gasteiger partial charge is 0.446 e. The van der Waals surface area contributed by atoms with Crippen LogP contribution in [0.25, 0.3) is 11.0 Å². The summed E-state index contributed by atoms with van der Waals surface area (Å²) in [4.78, 5) is 11.7. The molecule has 2 N–H and O–H groups in total. The molecule has 0 atom stereocenters. The van der Waals surface area contributed by atoms with Crippen molar-refractivity contribution in [3.8, 4) is 5.75 Å². The summed E-state index contributed by atoms with van der Waals surface area (Å²) in [6, 6.07) is 4.08. The van der Waals surface area contributed by atoms with E-state index in [2.05, 4.69) is 9.50 Å². The second kappa shape index (κ2) is 4.56. The highest BCUT2D eigenvalue weighted by Gasteiger charge is 2.18. The first-order valence-corrected chi connectivity index (χ1v) is 6.60. The van der Waals surface area contributed by atoms with E-state index in [-0.39, 0.29) is 17.2 Å². The number of aryl methyl sites for hydroxylation is 1. The molecule has 0 radical (unpaired) electrons. The Labute approximate surface area is 109 Å². The molecule has 0 fully saturated rings. The number of furan rings is 1. The van der Waals surface area contributed by atoms with E-state index in [1.165, 1.54) is 25.2 Å². The zero-order chi connectivity index (χ0) is 14.2. The highest BCUT2D eigenvalue weighted by atomic mass is 32.3. The molecule has 8 heteroatoms. The van der Waals surface area contributed by atoms with Gasteiger partial charge >= 0.3 is 10.4 Å². The molecule has 2 aromatic rings. The van der Waals surface area contributed by atoms with E-state index < -0.39 is 10.4 Å². The third-order valence-corrected chi connectivity index (χ3v) is 2.90. The van der Waals surface area contributed by atoms with Crippen molar-refractivity contribution in [2.24, 2.45) is 0 Å². The average molecular weight is 285 g/mol. The summed E-state index contributed by atoms with van der Waals surface area (Å²) in [6.45, 7) is 1.62. The molecule has 0 aliphatic heterocycles. The molecule has 0 saturated carbocycles. The second-order valence-electron chi connectivity index (χ2n) is 3.78. The van der Waals surface area contributed by atoms with E-state index >= 15 is 0 Å². The summed E-state index contributed by atoms with van der Waals surface area (Å²) < 4.78 is 39.5. The molecule has 1 aromatic heterocycles. The van der Waals surface area contributed by atoms with Gasteiger partial charge in [0.15, 0.2) is 0 Å². The number of hydrogen-bond acceptors (Lipinski definition) is 5. The standard InChI is InChI=1S/C11H11NO6S/c1-6-10(11(13)12-2)8-4-3-7(5-9(8)17-6)18-19(14,15)16/h3-5H,1-2H3,(H,12,13)(H,14,15,16). The van der Waals surface area contributed by atoms with Crippen molar-refractivity contribution < 1.29 is 26.4 Å². The lowest BCUT2D eigenvalue weighted by molar-refractivity contribution is 0.0963. The topological polar surface area (TPSA) is 106 Å². The molecule has 102 valence electrons. The largest absolute Gasteiger partial charge is 0.460 e. The van der Waals surface area contributed by atoms with Gasteiger partial charge in [-0.15, -0.1) is 0 Å². The number of fused-ring (bicyclic) bond motifs is 1. The molecule has 2 rings (SSSR count). The Morgan fingerprint density at radius 2 is 2.11 bits per heavy atom. The SMILES string of the molecule is CNC(=O)c1c(C)oc2cc(OS(=O)(=O)O)ccc12. The van der Waals surface area contributed by atoms with Crippen LogP contribution in [0.1, 0.15) is 16.1 Å². The van der Waals surface area contributed by atoms with Gasteiger partial charge in [0, 0.05) is 18.5 Å². The van der Waals surface area contributed by atoms with Crippen LogP contribution in [-0.2, 0) is 10.4 Å². The molecule has 0 saturated heterocycles. The molecular weight excluding hydrogens is 274 g/mol. The summed E-state index contributed by atoms with van der Waals surface area (Å²) in [5, 5.41) is 3.01. The van der Waals surface area contributed by atoms with Gasteiger partial charge in [0.25, 0.3) is 5.91 Å². The lowest BCUT2D eigenvalue weighted by atomic mass is 10.1. The van der Waals surface area contributed by atoms with E-state index in [0.717, 1.165) is 0 Å². The van der Waals surface area contributed by atoms with Crippen LogP contribution in [0.2, 0.25) is 0 Å². The maximum Gasteiger partial charge on any atom is 0.446 e. The van der Waals surface area contributed by atoms with Crippen LogP contribution in [0, 0.1) is 6.92 Å². The fourth-order valence-electron chi connectivity index (χ4n) is 1.78. The molecule has 0 bridgehead atoms. The summed E-state index contributed by atoms with van der Waals surface area (Å²) in [7, 11) is -3.09. The minimum atomic E-state index is -4.59. The van der Waals surface area contributed by atoms with Gasteiger partial charge in [-0.25, -0.2) is 0 Å². The Bertz CT molecular complexity index is 746. The van der Waals surface area contributed by atoms with E-state index in [9.17, 15) is 13.2 Å². The number of amides is 1. The number of nitrogens with one attached hydrogen (secondary N) is 1. The van der Waals surface area contributed by atoms with Crippen LogP contribution in [0.5, 0.6) is 5.75 Å². The van der Waals surface area contributed by atoms with Crippen LogP contribution in [0.4, 0.5) is 0 Å². The third kappa shape index (κ3) is 2.69. The number of hydrogen-bond donors (Lipinski definition) is 2. The second-order valence-corrected chi connectivity index (χ2v) is 4.80. The minimum Gasteiger partial charge on any atom is -0.460 e. The van der Waals surface area contributed by atoms with Crippen LogP contribution in [-0.4, -0.2) is 25.9 Å². The third-order valence-electron chi connectivity index (χ3n) is 2.49. The van der Waals surface area contributed by atoms with Crippen molar-refractivity contribution in [3.05, 3.63) is 29.5 Å². The van der Waals surface area contributed by atoms with Crippen molar-refractivity contribution in [1.82, 2.24) is 5.32 Å². The Hall–Kier alpha value is -2.06. The molecule has 1 amide bonds. The number of benzene rings is 1. The Morgan fingerprint density at radius 1 is 1.42 bits per heavy atom. The summed E-state index contributed by atoms with van der Waals surface area (Å²) in [6.07, 6.45) is 0. The molecule has 0 spiro atoms. The van der Waals surface area contributed by atoms with Crippen molar-refractivity contribution in [1.29, 1.82) is 0 Å². The van der Waals surface area contributed by atoms with Crippen LogP contribution < -0.4 is 9.50 Å². The fraction of sp³-hybridized carbons (Fsp3) is 0.182. The lowest BCUT2D eigenvalue weighted by Crippen LogP contribution is -2.18. The van der Waals surface area contributed by atoms with E-state index in [4.69, 9.17) is 8.97 Å². The quantitative estimate of drug-likeness (QED) is 0.823. The molecule has 1 aromatic carbocycles. The zero-order valence-electron chi connectivity index (χ0n) is 10.1. The number of rotatable bonds is 3. The molecule has 0 aliphatic carbocycles. The molecule has 0 unspecified atom stereocenters. The van der Waals surface area contributed by atoms with Gasteiger partial charge in [0.1, 0.15) is 17.1 Å². The van der Waals surface area contributed by atoms with Crippen LogP contribution in [0.3, 0.4) is 0 Å². The predicted molar refractivity (Wildman–Crippen MR) is 66.5 cm³/mol. The number of carbonyl (C=O) groups excluding carboxylic acids is 1. The monoisotopic (exact) mass is 285 g/mol. The van der Waals surface area contributed by atoms with E-state index in [1.807, 2.05) is 0 Å². The maximum absolute atomic E-state index is 11.7. The van der Waals surface area contributed by atoms with Gasteiger partial charge in [-0.05, 0) is 19.1 Å². The van der Waals surface area contributed by atoms with E-state index in [1.54, 1.807) is 6.92 Å². The summed E-state index contributed by atoms with van der Waals surface area (Å²) in [5.74, 6) is -0.00902. The van der Waals surface area contributed by atoms with Gasteiger partial charge in [0.2, 0.25) is 0 Å². The first kappa shape index (κ1) is 13.4. The first-order valence-electron chi connectivity index (χ1n) is 5.24. The highest BCUT2D eigenvalue weighted by molar-refractivity contribution is 7.81. The predicted octanol–water partition coefficient (Wildman–Crippen LogP) is 1.28. The van der Waals surface area contributed by atoms with Gasteiger partial charge in [-0.2, -0.15) is 8.42 Å². The molecule has 1 heterocycles. The molecule has 0 aliphatic rings. The minimum absolute atomic E-state index is 0.104. The Balaban J connectivity index is 2.55. The van der Waals surface area contributed by atoms with Crippen molar-refractivity contribution in [2.75, 3.05) is 7.05 Å². The normalized spacial score (nSPS) is 11.5. The Morgan fingerprint density at radius 3 is 2.68 bits per heavy atom. The summed E-state index contributed by atoms with van der Waals surface area (Å²) in [5.41, 5.74) is 0.660. The van der Waals surface area contributed by atoms with Crippen molar-refractivity contribution in [3.63, 3.8) is 0 Å². The van der Waals surface area contributed by atoms with Crippen LogP contribution in [0.15, 0.2) is 22.6 Å². The van der Waals surface area contributed by atoms with E-state index in [0.29, 0.717) is 16.7 Å². The molecular formula is C11H11NO6S. The zero-order valence-corrected chi connectivity index (χ0v) is 10.9. The fourth-order valence-corrected chi connectivity index (χ4v) is 2.13. The Kier molecular flexibility index (Phi) is 3.21. The first-order chi connectivity index (χ1) is 8.81. The lowest BCUT2D eigenvalue weighted by Gasteiger charge is -2.01. The van der Waals surface area contributed by atoms with Gasteiger partial charge < -0.3 is 13.9 Å². The molecule has 19 heavy (non-hydrogen) atoms. The highest BCUT2D eigenvalue weighted by Crippen LogP contribution is 2.29. The summed E-state index contributed by atoms with van der Waals surface area (Å²) >= 11 is 0. The van der Waals surface area contributed by atoms with Gasteiger partial charge in [0.05, 0.1) is 5.56 Å². The van der Waals surface area contributed by atoms with Crippen LogP contribution >= 0.6 is 0 Å². The molecule has 7 nitrogen and oxygen atoms in total. The van der Waals surface area contributed by atoms with Gasteiger partial charge in [-0.3, -0.25) is 9.35 Å². The average Bonchev–Trinajstić information content (AvgIpc) is 2.61. The number of carbonyl (C=O) groups is 1. The van der Waals surface area contributed by atoms with Crippen molar-refractivity contribution >= 4 is 27.3 Å². The van der Waals surface area contributed by atoms with Crippen molar-refractivity contribution in [2.45, 2.75) is 6.92 Å². The van der Waals surface area contributed by atoms with Gasteiger partial charge in [-0.1, -0.05) is 0 Å².